The highest BCUT2D eigenvalue weighted by molar-refractivity contribution is 6.21. The van der Waals surface area contributed by atoms with Crippen LogP contribution in [-0.4, -0.2) is 78.5 Å². The Bertz CT molecular complexity index is 1330. The van der Waals surface area contributed by atoms with Gasteiger partial charge in [0.05, 0.1) is 5.70 Å². The Kier molecular flexibility index (Phi) is 9.73. The van der Waals surface area contributed by atoms with Gasteiger partial charge < -0.3 is 34.7 Å². The number of benzene rings is 1. The van der Waals surface area contributed by atoms with Crippen molar-refractivity contribution in [1.29, 1.82) is 0 Å². The highest BCUT2D eigenvalue weighted by Gasteiger charge is 2.54. The molecule has 1 saturated heterocycles. The van der Waals surface area contributed by atoms with Gasteiger partial charge in [-0.25, -0.2) is 0 Å². The van der Waals surface area contributed by atoms with Crippen molar-refractivity contribution in [2.24, 2.45) is 0 Å². The molecule has 1 aliphatic carbocycles. The van der Waals surface area contributed by atoms with Crippen LogP contribution < -0.4 is 11.1 Å². The second kappa shape index (κ2) is 13.0. The summed E-state index contributed by atoms with van der Waals surface area (Å²) in [4.78, 5) is 86.2. The number of nitrogens with one attached hydrogen (secondary N) is 1. The van der Waals surface area contributed by atoms with Crippen LogP contribution in [0.25, 0.3) is 0 Å². The average molecular weight is 573 g/mol. The SMILES string of the molecule is CC(=O)OCC1O[C@@H](C2=CC(=O)C(NC(=O)c3ccc(N)cc3)=CC2=O)C(OC(C)=O)C(OC(C)=O)[C@@H]1OC(C)=O. The Morgan fingerprint density at radius 2 is 1.34 bits per heavy atom. The first kappa shape index (κ1) is 30.7. The van der Waals surface area contributed by atoms with Gasteiger partial charge in [0.1, 0.15) is 18.8 Å². The number of amides is 1. The molecule has 218 valence electrons. The molecule has 1 amide bonds. The zero-order valence-corrected chi connectivity index (χ0v) is 22.5. The zero-order chi connectivity index (χ0) is 30.4. The monoisotopic (exact) mass is 572 g/mol. The molecule has 3 unspecified atom stereocenters. The number of nitrogen functional groups attached to an aromatic ring is 1. The van der Waals surface area contributed by atoms with Gasteiger partial charge in [-0.1, -0.05) is 0 Å². The largest absolute Gasteiger partial charge is 0.463 e. The van der Waals surface area contributed by atoms with Crippen LogP contribution in [0.2, 0.25) is 0 Å². The molecule has 41 heavy (non-hydrogen) atoms. The van der Waals surface area contributed by atoms with Crippen molar-refractivity contribution < 1.29 is 57.2 Å². The predicted octanol–water partition coefficient (Wildman–Crippen LogP) is 0.0863. The standard InChI is InChI=1S/C27H28N2O12/c1-12(30)37-11-22-24(38-13(2)31)26(40-15(4)33)25(39-14(3)32)23(41-22)18-9-21(35)19(10-20(18)34)29-27(36)16-5-7-17(28)8-6-16/h5-10,22-26H,11,28H2,1-4H3,(H,29,36)/t22?,23-,24+,25?,26?/m0/s1. The highest BCUT2D eigenvalue weighted by Crippen LogP contribution is 2.34. The van der Waals surface area contributed by atoms with Crippen molar-refractivity contribution in [3.63, 3.8) is 0 Å². The van der Waals surface area contributed by atoms with E-state index in [1.807, 2.05) is 0 Å². The molecule has 1 heterocycles. The molecule has 0 spiro atoms. The molecule has 0 radical (unpaired) electrons. The van der Waals surface area contributed by atoms with E-state index < -0.39 is 78.5 Å². The van der Waals surface area contributed by atoms with Gasteiger partial charge in [-0.2, -0.15) is 0 Å². The van der Waals surface area contributed by atoms with E-state index in [-0.39, 0.29) is 16.8 Å². The summed E-state index contributed by atoms with van der Waals surface area (Å²) in [6.45, 7) is 3.76. The quantitative estimate of drug-likeness (QED) is 0.184. The summed E-state index contributed by atoms with van der Waals surface area (Å²) in [5.74, 6) is -5.55. The van der Waals surface area contributed by atoms with Crippen LogP contribution in [0.3, 0.4) is 0 Å². The van der Waals surface area contributed by atoms with Crippen molar-refractivity contribution >= 4 is 47.0 Å². The van der Waals surface area contributed by atoms with Crippen molar-refractivity contribution in [3.8, 4) is 0 Å². The Morgan fingerprint density at radius 3 is 1.90 bits per heavy atom. The second-order valence-corrected chi connectivity index (χ2v) is 9.08. The normalized spacial score (nSPS) is 23.9. The molecule has 2 aliphatic rings. The Morgan fingerprint density at radius 1 is 0.780 bits per heavy atom. The van der Waals surface area contributed by atoms with Crippen LogP contribution in [0.4, 0.5) is 5.69 Å². The summed E-state index contributed by atoms with van der Waals surface area (Å²) in [7, 11) is 0. The topological polar surface area (TPSA) is 204 Å². The summed E-state index contributed by atoms with van der Waals surface area (Å²) < 4.78 is 27.0. The molecule has 0 aromatic heterocycles. The van der Waals surface area contributed by atoms with E-state index in [4.69, 9.17) is 29.4 Å². The van der Waals surface area contributed by atoms with Gasteiger partial charge in [-0.3, -0.25) is 33.6 Å². The number of carbonyl (C=O) groups excluding carboxylic acids is 7. The number of hydrogen-bond donors (Lipinski definition) is 2. The lowest BCUT2D eigenvalue weighted by molar-refractivity contribution is -0.246. The number of anilines is 1. The molecular weight excluding hydrogens is 544 g/mol. The van der Waals surface area contributed by atoms with Crippen LogP contribution >= 0.6 is 0 Å². The molecule has 1 aromatic carbocycles. The van der Waals surface area contributed by atoms with E-state index >= 15 is 0 Å². The van der Waals surface area contributed by atoms with Crippen LogP contribution in [-0.2, 0) is 52.5 Å². The summed E-state index contributed by atoms with van der Waals surface area (Å²) >= 11 is 0. The van der Waals surface area contributed by atoms with Gasteiger partial charge in [-0.05, 0) is 30.3 Å². The number of allylic oxidation sites excluding steroid dienone is 2. The fraction of sp³-hybridized carbons (Fsp3) is 0.370. The predicted molar refractivity (Wildman–Crippen MR) is 136 cm³/mol. The van der Waals surface area contributed by atoms with E-state index in [2.05, 4.69) is 5.32 Å². The Balaban J connectivity index is 1.98. The van der Waals surface area contributed by atoms with Crippen molar-refractivity contribution in [2.45, 2.75) is 58.2 Å². The van der Waals surface area contributed by atoms with Crippen molar-refractivity contribution in [3.05, 3.63) is 53.3 Å². The number of esters is 4. The van der Waals surface area contributed by atoms with E-state index in [1.165, 1.54) is 24.3 Å². The fourth-order valence-corrected chi connectivity index (χ4v) is 4.20. The number of ether oxygens (including phenoxy) is 5. The first-order chi connectivity index (χ1) is 19.3. The molecule has 0 bridgehead atoms. The smallest absolute Gasteiger partial charge is 0.303 e. The third-order valence-electron chi connectivity index (χ3n) is 5.83. The van der Waals surface area contributed by atoms with Gasteiger partial charge in [0.25, 0.3) is 5.91 Å². The van der Waals surface area contributed by atoms with Gasteiger partial charge in [0.15, 0.2) is 24.1 Å². The number of hydrogen-bond acceptors (Lipinski definition) is 13. The molecule has 1 aliphatic heterocycles. The summed E-state index contributed by atoms with van der Waals surface area (Å²) in [5.41, 5.74) is 5.55. The average Bonchev–Trinajstić information content (AvgIpc) is 2.87. The van der Waals surface area contributed by atoms with Gasteiger partial charge in [-0.15, -0.1) is 0 Å². The third-order valence-corrected chi connectivity index (χ3v) is 5.83. The zero-order valence-electron chi connectivity index (χ0n) is 22.5. The van der Waals surface area contributed by atoms with E-state index in [0.29, 0.717) is 5.69 Å². The molecule has 14 heteroatoms. The van der Waals surface area contributed by atoms with E-state index in [1.54, 1.807) is 0 Å². The lowest BCUT2D eigenvalue weighted by Crippen LogP contribution is -2.63. The minimum absolute atomic E-state index is 0.176. The van der Waals surface area contributed by atoms with E-state index in [9.17, 15) is 33.6 Å². The van der Waals surface area contributed by atoms with Crippen molar-refractivity contribution in [2.75, 3.05) is 12.3 Å². The molecule has 3 rings (SSSR count). The number of nitrogens with two attached hydrogens (primary N) is 1. The highest BCUT2D eigenvalue weighted by atomic mass is 16.7. The lowest BCUT2D eigenvalue weighted by atomic mass is 9.86. The molecule has 3 N–H and O–H groups in total. The first-order valence-corrected chi connectivity index (χ1v) is 12.3. The molecule has 1 fully saturated rings. The second-order valence-electron chi connectivity index (χ2n) is 9.08. The van der Waals surface area contributed by atoms with Crippen LogP contribution in [0.15, 0.2) is 47.7 Å². The number of carbonyl (C=O) groups is 7. The maximum atomic E-state index is 13.2. The van der Waals surface area contributed by atoms with Gasteiger partial charge in [0, 0.05) is 50.6 Å². The first-order valence-electron chi connectivity index (χ1n) is 12.3. The Hall–Kier alpha value is -4.85. The molecular formula is C27H28N2O12. The Labute approximate surface area is 233 Å². The van der Waals surface area contributed by atoms with Crippen LogP contribution in [0, 0.1) is 0 Å². The molecule has 14 nitrogen and oxygen atoms in total. The maximum absolute atomic E-state index is 13.2. The van der Waals surface area contributed by atoms with Crippen LogP contribution in [0.1, 0.15) is 38.1 Å². The third kappa shape index (κ3) is 7.85. The lowest BCUT2D eigenvalue weighted by Gasteiger charge is -2.45. The van der Waals surface area contributed by atoms with E-state index in [0.717, 1.165) is 39.8 Å². The minimum Gasteiger partial charge on any atom is -0.463 e. The van der Waals surface area contributed by atoms with Gasteiger partial charge in [0.2, 0.25) is 5.78 Å². The molecule has 0 saturated carbocycles. The summed E-state index contributed by atoms with van der Waals surface area (Å²) in [6, 6.07) is 5.83. The maximum Gasteiger partial charge on any atom is 0.303 e. The fourth-order valence-electron chi connectivity index (χ4n) is 4.20. The van der Waals surface area contributed by atoms with Crippen LogP contribution in [0.5, 0.6) is 0 Å². The molecule has 1 aromatic rings. The number of rotatable bonds is 8. The van der Waals surface area contributed by atoms with Gasteiger partial charge >= 0.3 is 23.9 Å². The summed E-state index contributed by atoms with van der Waals surface area (Å²) in [6.07, 6.45) is -5.66. The minimum atomic E-state index is -1.57. The van der Waals surface area contributed by atoms with Crippen molar-refractivity contribution in [1.82, 2.24) is 5.32 Å². The number of ketones is 2. The molecule has 5 atom stereocenters. The summed E-state index contributed by atoms with van der Waals surface area (Å²) in [5, 5.41) is 2.36.